The zero-order chi connectivity index (χ0) is 23.5. The minimum Gasteiger partial charge on any atom is -0.497 e. The van der Waals surface area contributed by atoms with Gasteiger partial charge in [-0.05, 0) is 54.4 Å². The van der Waals surface area contributed by atoms with Crippen molar-refractivity contribution < 1.29 is 4.74 Å². The molecule has 0 aliphatic carbocycles. The van der Waals surface area contributed by atoms with Crippen LogP contribution in [0.4, 0.5) is 0 Å². The third-order valence-corrected chi connectivity index (χ3v) is 6.44. The van der Waals surface area contributed by atoms with Crippen molar-refractivity contribution >= 4 is 5.57 Å². The molecule has 0 saturated carbocycles. The molecular weight excluding hydrogens is 404 g/mol. The van der Waals surface area contributed by atoms with E-state index in [4.69, 9.17) is 4.74 Å². The molecule has 0 saturated heterocycles. The Morgan fingerprint density at radius 2 is 1.33 bits per heavy atom. The highest BCUT2D eigenvalue weighted by Crippen LogP contribution is 2.26. The topological polar surface area (TPSA) is 15.7 Å². The zero-order valence-corrected chi connectivity index (χ0v) is 20.6. The predicted octanol–water partition coefficient (Wildman–Crippen LogP) is 6.53. The van der Waals surface area contributed by atoms with Crippen LogP contribution in [0.5, 0.6) is 5.75 Å². The largest absolute Gasteiger partial charge is 0.497 e. The van der Waals surface area contributed by atoms with Crippen LogP contribution in [0.15, 0.2) is 91.0 Å². The first-order valence-electron chi connectivity index (χ1n) is 12.1. The van der Waals surface area contributed by atoms with Crippen molar-refractivity contribution in [2.24, 2.45) is 0 Å². The fraction of sp³-hybridized carbons (Fsp3) is 0.333. The van der Waals surface area contributed by atoms with Crippen LogP contribution >= 0.6 is 0 Å². The molecule has 0 aromatic heterocycles. The first kappa shape index (κ1) is 24.8. The molecule has 0 aliphatic rings. The lowest BCUT2D eigenvalue weighted by atomic mass is 9.97. The van der Waals surface area contributed by atoms with Gasteiger partial charge in [-0.3, -0.25) is 4.90 Å². The highest BCUT2D eigenvalue weighted by atomic mass is 16.5. The van der Waals surface area contributed by atoms with Crippen LogP contribution in [0.25, 0.3) is 5.57 Å². The molecule has 1 atom stereocenters. The lowest BCUT2D eigenvalue weighted by Crippen LogP contribution is -2.36. The monoisotopic (exact) mass is 442 g/mol. The second-order valence-corrected chi connectivity index (χ2v) is 8.32. The number of hydrogen-bond donors (Lipinski definition) is 0. The van der Waals surface area contributed by atoms with Crippen molar-refractivity contribution in [1.82, 2.24) is 9.80 Å². The summed E-state index contributed by atoms with van der Waals surface area (Å²) in [5, 5.41) is 0. The van der Waals surface area contributed by atoms with E-state index in [1.807, 2.05) is 0 Å². The van der Waals surface area contributed by atoms with Crippen LogP contribution in [0.2, 0.25) is 0 Å². The van der Waals surface area contributed by atoms with E-state index in [1.54, 1.807) is 7.11 Å². The first-order valence-corrected chi connectivity index (χ1v) is 12.1. The van der Waals surface area contributed by atoms with Crippen LogP contribution in [0, 0.1) is 0 Å². The quantitative estimate of drug-likeness (QED) is 0.317. The molecule has 174 valence electrons. The summed E-state index contributed by atoms with van der Waals surface area (Å²) in [7, 11) is 1.72. The second-order valence-electron chi connectivity index (χ2n) is 8.32. The van der Waals surface area contributed by atoms with Crippen LogP contribution in [-0.2, 0) is 0 Å². The Kier molecular flexibility index (Phi) is 9.74. The second kappa shape index (κ2) is 13.0. The van der Waals surface area contributed by atoms with Gasteiger partial charge in [0.25, 0.3) is 0 Å². The van der Waals surface area contributed by atoms with Crippen LogP contribution in [0.1, 0.15) is 43.5 Å². The molecule has 33 heavy (non-hydrogen) atoms. The van der Waals surface area contributed by atoms with E-state index < -0.39 is 0 Å². The highest BCUT2D eigenvalue weighted by molar-refractivity contribution is 5.79. The molecule has 0 N–H and O–H groups in total. The Hall–Kier alpha value is -2.88. The van der Waals surface area contributed by atoms with E-state index in [2.05, 4.69) is 122 Å². The van der Waals surface area contributed by atoms with Gasteiger partial charge in [-0.15, -0.1) is 0 Å². The summed E-state index contributed by atoms with van der Waals surface area (Å²) >= 11 is 0. The van der Waals surface area contributed by atoms with Crippen molar-refractivity contribution in [1.29, 1.82) is 0 Å². The SMILES string of the molecule is CCN(CC)CCN(CC=C(c1ccccc1)c1ccccc1)[C@H](C)c1ccc(OC)cc1. The number of ether oxygens (including phenoxy) is 1. The van der Waals surface area contributed by atoms with E-state index in [0.717, 1.165) is 38.5 Å². The number of rotatable bonds is 12. The van der Waals surface area contributed by atoms with Gasteiger partial charge in [0.05, 0.1) is 7.11 Å². The van der Waals surface area contributed by atoms with Crippen LogP contribution in [-0.4, -0.2) is 49.6 Å². The third-order valence-electron chi connectivity index (χ3n) is 6.44. The van der Waals surface area contributed by atoms with E-state index >= 15 is 0 Å². The number of nitrogens with zero attached hydrogens (tertiary/aromatic N) is 2. The van der Waals surface area contributed by atoms with E-state index in [9.17, 15) is 0 Å². The van der Waals surface area contributed by atoms with Gasteiger partial charge in [-0.25, -0.2) is 0 Å². The molecule has 0 aliphatic heterocycles. The van der Waals surface area contributed by atoms with Crippen molar-refractivity contribution in [2.45, 2.75) is 26.8 Å². The molecule has 0 amide bonds. The molecule has 3 nitrogen and oxygen atoms in total. The summed E-state index contributed by atoms with van der Waals surface area (Å²) in [5.41, 5.74) is 5.10. The third kappa shape index (κ3) is 7.05. The normalized spacial score (nSPS) is 12.1. The van der Waals surface area contributed by atoms with Crippen molar-refractivity contribution in [3.8, 4) is 5.75 Å². The van der Waals surface area contributed by atoms with Gasteiger partial charge in [-0.1, -0.05) is 92.7 Å². The Balaban J connectivity index is 1.89. The molecule has 0 radical (unpaired) electrons. The van der Waals surface area contributed by atoms with Gasteiger partial charge in [0.15, 0.2) is 0 Å². The Labute approximate surface area is 200 Å². The fourth-order valence-electron chi connectivity index (χ4n) is 4.19. The minimum absolute atomic E-state index is 0.301. The van der Waals surface area contributed by atoms with Gasteiger partial charge >= 0.3 is 0 Å². The average molecular weight is 443 g/mol. The molecule has 0 unspecified atom stereocenters. The summed E-state index contributed by atoms with van der Waals surface area (Å²) in [6.45, 7) is 11.9. The molecule has 0 bridgehead atoms. The molecule has 3 heteroatoms. The smallest absolute Gasteiger partial charge is 0.118 e. The number of likely N-dealkylation sites (N-methyl/N-ethyl adjacent to an activating group) is 1. The maximum atomic E-state index is 5.36. The van der Waals surface area contributed by atoms with Crippen molar-refractivity contribution in [3.05, 3.63) is 108 Å². The van der Waals surface area contributed by atoms with E-state index in [0.29, 0.717) is 6.04 Å². The van der Waals surface area contributed by atoms with Gasteiger partial charge < -0.3 is 9.64 Å². The summed E-state index contributed by atoms with van der Waals surface area (Å²) < 4.78 is 5.36. The van der Waals surface area contributed by atoms with E-state index in [1.165, 1.54) is 22.3 Å². The minimum atomic E-state index is 0.301. The number of hydrogen-bond acceptors (Lipinski definition) is 3. The van der Waals surface area contributed by atoms with E-state index in [-0.39, 0.29) is 0 Å². The van der Waals surface area contributed by atoms with Crippen LogP contribution in [0.3, 0.4) is 0 Å². The maximum absolute atomic E-state index is 5.36. The van der Waals surface area contributed by atoms with Crippen molar-refractivity contribution in [3.63, 3.8) is 0 Å². The average Bonchev–Trinajstić information content (AvgIpc) is 2.89. The van der Waals surface area contributed by atoms with Gasteiger partial charge in [0.1, 0.15) is 5.75 Å². The lowest BCUT2D eigenvalue weighted by molar-refractivity contribution is 0.189. The Morgan fingerprint density at radius 1 is 0.788 bits per heavy atom. The molecule has 3 rings (SSSR count). The Bertz CT molecular complexity index is 922. The number of benzene rings is 3. The van der Waals surface area contributed by atoms with Gasteiger partial charge in [0, 0.05) is 25.7 Å². The molecule has 0 fully saturated rings. The van der Waals surface area contributed by atoms with Gasteiger partial charge in [-0.2, -0.15) is 0 Å². The maximum Gasteiger partial charge on any atom is 0.118 e. The summed E-state index contributed by atoms with van der Waals surface area (Å²) in [6, 6.07) is 30.2. The summed E-state index contributed by atoms with van der Waals surface area (Å²) in [4.78, 5) is 5.07. The lowest BCUT2D eigenvalue weighted by Gasteiger charge is -2.31. The predicted molar refractivity (Wildman–Crippen MR) is 141 cm³/mol. The van der Waals surface area contributed by atoms with Crippen LogP contribution < -0.4 is 4.74 Å². The van der Waals surface area contributed by atoms with Gasteiger partial charge in [0.2, 0.25) is 0 Å². The van der Waals surface area contributed by atoms with Crippen molar-refractivity contribution in [2.75, 3.05) is 39.8 Å². The Morgan fingerprint density at radius 3 is 1.82 bits per heavy atom. The summed E-state index contributed by atoms with van der Waals surface area (Å²) in [6.07, 6.45) is 2.40. The fourth-order valence-corrected chi connectivity index (χ4v) is 4.19. The highest BCUT2D eigenvalue weighted by Gasteiger charge is 2.17. The summed E-state index contributed by atoms with van der Waals surface area (Å²) in [5.74, 6) is 0.899. The molecule has 0 spiro atoms. The molecule has 3 aromatic rings. The standard InChI is InChI=1S/C30H38N2O/c1-5-31(6-2)23-24-32(25(3)26-17-19-29(33-4)20-18-26)22-21-30(27-13-9-7-10-14-27)28-15-11-8-12-16-28/h7-21,25H,5-6,22-24H2,1-4H3/t25-/m1/s1. The first-order chi connectivity index (χ1) is 16.2. The zero-order valence-electron chi connectivity index (χ0n) is 20.6. The molecule has 0 heterocycles. The molecular formula is C30H38N2O. The number of methoxy groups -OCH3 is 1. The molecule has 3 aromatic carbocycles.